The molecule has 3 aromatic rings. The van der Waals surface area contributed by atoms with E-state index >= 15 is 0 Å². The lowest BCUT2D eigenvalue weighted by atomic mass is 9.97. The zero-order valence-corrected chi connectivity index (χ0v) is 21.4. The van der Waals surface area contributed by atoms with Crippen LogP contribution in [-0.2, 0) is 27.5 Å². The molecule has 0 radical (unpaired) electrons. The van der Waals surface area contributed by atoms with E-state index in [-0.39, 0.29) is 12.0 Å². The van der Waals surface area contributed by atoms with Gasteiger partial charge >= 0.3 is 5.97 Å². The number of aromatic nitrogens is 3. The molecule has 0 fully saturated rings. The third kappa shape index (κ3) is 4.17. The van der Waals surface area contributed by atoms with Gasteiger partial charge in [-0.25, -0.2) is 23.2 Å². The Balaban J connectivity index is 1.81. The van der Waals surface area contributed by atoms with Crippen molar-refractivity contribution in [3.05, 3.63) is 46.9 Å². The zero-order chi connectivity index (χ0) is 24.8. The van der Waals surface area contributed by atoms with Gasteiger partial charge in [0.25, 0.3) is 0 Å². The van der Waals surface area contributed by atoms with E-state index in [1.807, 2.05) is 19.1 Å². The summed E-state index contributed by atoms with van der Waals surface area (Å²) in [6.07, 6.45) is 3.47. The Hall–Kier alpha value is -2.94. The first-order valence-electron chi connectivity index (χ1n) is 11.7. The molecule has 3 heterocycles. The normalized spacial score (nSPS) is 16.2. The topological polar surface area (TPSA) is 94.4 Å². The standard InChI is InChI=1S/C25H32N4O4S/c1-7-17-11-18-12-21-23(15(3)4)29(10-9-28(21)20(18)13-22(17)34(6,31)32)25-26-14-19(16(5)27-25)24(30)33-8-2/h11-15,23H,7-10H2,1-6H3. The van der Waals surface area contributed by atoms with Crippen LogP contribution in [0.2, 0.25) is 0 Å². The molecule has 1 atom stereocenters. The fourth-order valence-electron chi connectivity index (χ4n) is 4.91. The largest absolute Gasteiger partial charge is 0.462 e. The second-order valence-electron chi connectivity index (χ2n) is 9.14. The summed E-state index contributed by atoms with van der Waals surface area (Å²) >= 11 is 0. The summed E-state index contributed by atoms with van der Waals surface area (Å²) in [7, 11) is -3.33. The number of sulfone groups is 1. The molecule has 8 nitrogen and oxygen atoms in total. The van der Waals surface area contributed by atoms with E-state index in [4.69, 9.17) is 4.74 Å². The highest BCUT2D eigenvalue weighted by Crippen LogP contribution is 2.39. The predicted octanol–water partition coefficient (Wildman–Crippen LogP) is 4.10. The fourth-order valence-corrected chi connectivity index (χ4v) is 5.91. The number of aryl methyl sites for hydroxylation is 2. The molecular formula is C25H32N4O4S. The first kappa shape index (κ1) is 24.2. The summed E-state index contributed by atoms with van der Waals surface area (Å²) in [5.74, 6) is 0.406. The maximum absolute atomic E-state index is 12.4. The molecule has 0 amide bonds. The summed E-state index contributed by atoms with van der Waals surface area (Å²) in [4.78, 5) is 23.9. The predicted molar refractivity (Wildman–Crippen MR) is 132 cm³/mol. The van der Waals surface area contributed by atoms with Crippen LogP contribution in [0.4, 0.5) is 5.95 Å². The van der Waals surface area contributed by atoms with Crippen LogP contribution in [0, 0.1) is 12.8 Å². The van der Waals surface area contributed by atoms with Crippen LogP contribution in [0.5, 0.6) is 0 Å². The molecule has 0 N–H and O–H groups in total. The van der Waals surface area contributed by atoms with Gasteiger partial charge in [0.15, 0.2) is 9.84 Å². The number of carbonyl (C=O) groups excluding carboxylic acids is 1. The zero-order valence-electron chi connectivity index (χ0n) is 20.6. The summed E-state index contributed by atoms with van der Waals surface area (Å²) < 4.78 is 32.2. The Morgan fingerprint density at radius 1 is 1.21 bits per heavy atom. The number of hydrogen-bond donors (Lipinski definition) is 0. The average Bonchev–Trinajstić information content (AvgIpc) is 3.14. The molecule has 1 aliphatic rings. The summed E-state index contributed by atoms with van der Waals surface area (Å²) in [6.45, 7) is 11.5. The van der Waals surface area contributed by atoms with Crippen molar-refractivity contribution in [3.63, 3.8) is 0 Å². The van der Waals surface area contributed by atoms with Crippen molar-refractivity contribution in [2.75, 3.05) is 24.3 Å². The minimum Gasteiger partial charge on any atom is -0.462 e. The third-order valence-corrected chi connectivity index (χ3v) is 7.63. The summed E-state index contributed by atoms with van der Waals surface area (Å²) in [5, 5.41) is 1.04. The molecule has 0 aliphatic carbocycles. The lowest BCUT2D eigenvalue weighted by Crippen LogP contribution is -2.41. The Morgan fingerprint density at radius 2 is 1.94 bits per heavy atom. The van der Waals surface area contributed by atoms with Gasteiger partial charge in [-0.05, 0) is 49.9 Å². The molecule has 2 aromatic heterocycles. The van der Waals surface area contributed by atoms with Crippen LogP contribution in [0.1, 0.15) is 61.0 Å². The van der Waals surface area contributed by atoms with Crippen molar-refractivity contribution in [2.24, 2.45) is 5.92 Å². The molecule has 34 heavy (non-hydrogen) atoms. The van der Waals surface area contributed by atoms with Gasteiger partial charge in [-0.1, -0.05) is 20.8 Å². The quantitative estimate of drug-likeness (QED) is 0.486. The molecule has 1 aromatic carbocycles. The molecule has 0 spiro atoms. The van der Waals surface area contributed by atoms with E-state index in [1.54, 1.807) is 20.0 Å². The molecule has 9 heteroatoms. The smallest absolute Gasteiger partial charge is 0.341 e. The monoisotopic (exact) mass is 484 g/mol. The van der Waals surface area contributed by atoms with Gasteiger partial charge in [-0.2, -0.15) is 0 Å². The van der Waals surface area contributed by atoms with Crippen LogP contribution in [-0.4, -0.2) is 48.3 Å². The second kappa shape index (κ2) is 9.02. The number of ether oxygens (including phenoxy) is 1. The maximum atomic E-state index is 12.4. The Bertz CT molecular complexity index is 1360. The molecule has 1 aliphatic heterocycles. The first-order chi connectivity index (χ1) is 16.1. The van der Waals surface area contributed by atoms with E-state index < -0.39 is 15.8 Å². The van der Waals surface area contributed by atoms with Crippen molar-refractivity contribution >= 4 is 32.7 Å². The number of fused-ring (bicyclic) bond motifs is 3. The number of rotatable bonds is 6. The Labute approximate surface area is 200 Å². The molecular weight excluding hydrogens is 452 g/mol. The van der Waals surface area contributed by atoms with Crippen LogP contribution >= 0.6 is 0 Å². The molecule has 0 saturated heterocycles. The maximum Gasteiger partial charge on any atom is 0.341 e. The number of benzene rings is 1. The van der Waals surface area contributed by atoms with Crippen molar-refractivity contribution in [1.29, 1.82) is 0 Å². The summed E-state index contributed by atoms with van der Waals surface area (Å²) in [6, 6.07) is 6.00. The van der Waals surface area contributed by atoms with Crippen LogP contribution < -0.4 is 4.90 Å². The van der Waals surface area contributed by atoms with Gasteiger partial charge in [-0.15, -0.1) is 0 Å². The molecule has 4 rings (SSSR count). The number of esters is 1. The Morgan fingerprint density at radius 3 is 2.53 bits per heavy atom. The SMILES string of the molecule is CCOC(=O)c1cnc(N2CCn3c(cc4cc(CC)c(S(C)(=O)=O)cc43)C2C(C)C)nc1C. The van der Waals surface area contributed by atoms with E-state index in [1.165, 1.54) is 6.26 Å². The van der Waals surface area contributed by atoms with Crippen molar-refractivity contribution in [1.82, 2.24) is 14.5 Å². The van der Waals surface area contributed by atoms with E-state index in [9.17, 15) is 13.2 Å². The third-order valence-electron chi connectivity index (χ3n) is 6.45. The van der Waals surface area contributed by atoms with Gasteiger partial charge in [0, 0.05) is 42.1 Å². The molecule has 0 bridgehead atoms. The van der Waals surface area contributed by atoms with E-state index in [0.29, 0.717) is 48.2 Å². The van der Waals surface area contributed by atoms with Crippen LogP contribution in [0.3, 0.4) is 0 Å². The van der Waals surface area contributed by atoms with Crippen molar-refractivity contribution < 1.29 is 17.9 Å². The fraction of sp³-hybridized carbons (Fsp3) is 0.480. The van der Waals surface area contributed by atoms with Gasteiger partial charge in [-0.3, -0.25) is 0 Å². The lowest BCUT2D eigenvalue weighted by molar-refractivity contribution is 0.0524. The Kier molecular flexibility index (Phi) is 6.42. The molecule has 182 valence electrons. The summed E-state index contributed by atoms with van der Waals surface area (Å²) in [5.41, 5.74) is 3.84. The van der Waals surface area contributed by atoms with Gasteiger partial charge < -0.3 is 14.2 Å². The number of hydrogen-bond acceptors (Lipinski definition) is 7. The number of anilines is 1. The average molecular weight is 485 g/mol. The van der Waals surface area contributed by atoms with E-state index in [0.717, 1.165) is 22.2 Å². The van der Waals surface area contributed by atoms with Gasteiger partial charge in [0.1, 0.15) is 0 Å². The van der Waals surface area contributed by atoms with Crippen LogP contribution in [0.25, 0.3) is 10.9 Å². The van der Waals surface area contributed by atoms with Gasteiger partial charge in [0.05, 0.1) is 28.8 Å². The van der Waals surface area contributed by atoms with Crippen molar-refractivity contribution in [3.8, 4) is 0 Å². The second-order valence-corrected chi connectivity index (χ2v) is 11.1. The van der Waals surface area contributed by atoms with Gasteiger partial charge in [0.2, 0.25) is 5.95 Å². The van der Waals surface area contributed by atoms with Crippen molar-refractivity contribution in [2.45, 2.75) is 58.5 Å². The highest BCUT2D eigenvalue weighted by atomic mass is 32.2. The minimum atomic E-state index is -3.33. The minimum absolute atomic E-state index is 0.000698. The van der Waals surface area contributed by atoms with Crippen LogP contribution in [0.15, 0.2) is 29.3 Å². The highest BCUT2D eigenvalue weighted by Gasteiger charge is 2.34. The van der Waals surface area contributed by atoms with E-state index in [2.05, 4.69) is 39.3 Å². The molecule has 1 unspecified atom stereocenters. The molecule has 0 saturated carbocycles. The highest BCUT2D eigenvalue weighted by molar-refractivity contribution is 7.90. The lowest BCUT2D eigenvalue weighted by Gasteiger charge is -2.39. The number of carbonyl (C=O) groups is 1. The first-order valence-corrected chi connectivity index (χ1v) is 13.6. The number of nitrogens with zero attached hydrogens (tertiary/aromatic N) is 4.